The highest BCUT2D eigenvalue weighted by molar-refractivity contribution is 5.43. The normalized spacial score (nSPS) is 19.1. The lowest BCUT2D eigenvalue weighted by atomic mass is 9.73. The molecule has 1 aliphatic carbocycles. The van der Waals surface area contributed by atoms with Gasteiger partial charge in [-0.05, 0) is 35.2 Å². The summed E-state index contributed by atoms with van der Waals surface area (Å²) in [5.41, 5.74) is 1.78. The Balaban J connectivity index is 1.88. The minimum atomic E-state index is -4.38. The monoisotopic (exact) mass is 278 g/mol. The summed E-state index contributed by atoms with van der Waals surface area (Å²) >= 11 is 0. The van der Waals surface area contributed by atoms with Crippen molar-refractivity contribution in [2.45, 2.75) is 24.6 Å². The van der Waals surface area contributed by atoms with E-state index in [4.69, 9.17) is 0 Å². The number of hydrogen-bond acceptors (Lipinski definition) is 1. The van der Waals surface area contributed by atoms with E-state index in [1.807, 2.05) is 24.3 Å². The Morgan fingerprint density at radius 2 is 1.80 bits per heavy atom. The van der Waals surface area contributed by atoms with Crippen LogP contribution in [0.3, 0.4) is 0 Å². The molecule has 0 bridgehead atoms. The van der Waals surface area contributed by atoms with Crippen LogP contribution < -0.4 is 0 Å². The van der Waals surface area contributed by atoms with Crippen LogP contribution in [0.25, 0.3) is 0 Å². The molecule has 1 aliphatic rings. The maximum Gasteiger partial charge on any atom is 0.416 e. The van der Waals surface area contributed by atoms with Crippen molar-refractivity contribution in [2.75, 3.05) is 0 Å². The zero-order valence-electron chi connectivity index (χ0n) is 10.6. The average Bonchev–Trinajstić information content (AvgIpc) is 2.39. The Hall–Kier alpha value is -1.81. The molecule has 4 heteroatoms. The number of alkyl halides is 3. The fraction of sp³-hybridized carbons (Fsp3) is 0.250. The van der Waals surface area contributed by atoms with Crippen molar-refractivity contribution in [2.24, 2.45) is 0 Å². The van der Waals surface area contributed by atoms with Crippen molar-refractivity contribution < 1.29 is 18.3 Å². The van der Waals surface area contributed by atoms with Crippen molar-refractivity contribution in [1.29, 1.82) is 0 Å². The van der Waals surface area contributed by atoms with Crippen molar-refractivity contribution in [3.8, 4) is 0 Å². The number of benzene rings is 2. The number of aliphatic hydroxyl groups excluding tert-OH is 1. The molecule has 0 amide bonds. The van der Waals surface area contributed by atoms with Crippen molar-refractivity contribution in [3.63, 3.8) is 0 Å². The minimum Gasteiger partial charge on any atom is -0.388 e. The molecule has 1 N–H and O–H groups in total. The van der Waals surface area contributed by atoms with Crippen LogP contribution in [0.2, 0.25) is 0 Å². The molecule has 104 valence electrons. The Bertz CT molecular complexity index is 634. The van der Waals surface area contributed by atoms with E-state index < -0.39 is 17.8 Å². The Morgan fingerprint density at radius 1 is 1.05 bits per heavy atom. The van der Waals surface area contributed by atoms with E-state index in [2.05, 4.69) is 0 Å². The first-order valence-electron chi connectivity index (χ1n) is 6.40. The van der Waals surface area contributed by atoms with Crippen LogP contribution in [-0.4, -0.2) is 5.11 Å². The van der Waals surface area contributed by atoms with Crippen LogP contribution >= 0.6 is 0 Å². The second kappa shape index (κ2) is 4.63. The first-order chi connectivity index (χ1) is 9.47. The molecule has 0 heterocycles. The number of rotatable bonds is 2. The summed E-state index contributed by atoms with van der Waals surface area (Å²) in [4.78, 5) is 0. The van der Waals surface area contributed by atoms with Gasteiger partial charge in [0.05, 0.1) is 11.7 Å². The molecule has 20 heavy (non-hydrogen) atoms. The van der Waals surface area contributed by atoms with Gasteiger partial charge in [-0.15, -0.1) is 0 Å². The highest BCUT2D eigenvalue weighted by Gasteiger charge is 2.35. The van der Waals surface area contributed by atoms with E-state index in [0.717, 1.165) is 23.3 Å². The van der Waals surface area contributed by atoms with Gasteiger partial charge >= 0.3 is 6.18 Å². The summed E-state index contributed by atoms with van der Waals surface area (Å²) in [7, 11) is 0. The quantitative estimate of drug-likeness (QED) is 0.877. The molecule has 1 nitrogen and oxygen atoms in total. The van der Waals surface area contributed by atoms with Crippen molar-refractivity contribution in [1.82, 2.24) is 0 Å². The molecular weight excluding hydrogens is 265 g/mol. The Morgan fingerprint density at radius 3 is 2.50 bits per heavy atom. The minimum absolute atomic E-state index is 0.116. The molecule has 0 saturated carbocycles. The second-order valence-corrected chi connectivity index (χ2v) is 5.08. The molecule has 0 spiro atoms. The smallest absolute Gasteiger partial charge is 0.388 e. The number of halogens is 3. The van der Waals surface area contributed by atoms with Crippen molar-refractivity contribution in [3.05, 3.63) is 70.8 Å². The van der Waals surface area contributed by atoms with Gasteiger partial charge in [0, 0.05) is 5.92 Å². The zero-order chi connectivity index (χ0) is 14.3. The lowest BCUT2D eigenvalue weighted by Gasteiger charge is -2.34. The first kappa shape index (κ1) is 13.2. The van der Waals surface area contributed by atoms with Gasteiger partial charge in [0.2, 0.25) is 0 Å². The number of hydrogen-bond donors (Lipinski definition) is 1. The highest BCUT2D eigenvalue weighted by Crippen LogP contribution is 2.44. The summed E-state index contributed by atoms with van der Waals surface area (Å²) in [5.74, 6) is -0.116. The van der Waals surface area contributed by atoms with Gasteiger partial charge in [0.15, 0.2) is 0 Å². The van der Waals surface area contributed by atoms with Crippen LogP contribution in [0.15, 0.2) is 48.5 Å². The van der Waals surface area contributed by atoms with E-state index in [1.54, 1.807) is 6.07 Å². The molecule has 0 radical (unpaired) electrons. The molecule has 0 saturated heterocycles. The summed E-state index contributed by atoms with van der Waals surface area (Å²) in [5, 5.41) is 10.3. The lowest BCUT2D eigenvalue weighted by molar-refractivity contribution is -0.137. The van der Waals surface area contributed by atoms with E-state index in [9.17, 15) is 18.3 Å². The van der Waals surface area contributed by atoms with Gasteiger partial charge < -0.3 is 5.11 Å². The second-order valence-electron chi connectivity index (χ2n) is 5.08. The van der Waals surface area contributed by atoms with Gasteiger partial charge in [-0.3, -0.25) is 0 Å². The van der Waals surface area contributed by atoms with Gasteiger partial charge in [0.25, 0.3) is 0 Å². The summed E-state index contributed by atoms with van der Waals surface area (Å²) in [6.07, 6.45) is -4.58. The predicted octanol–water partition coefficient (Wildman–Crippen LogP) is 4.08. The highest BCUT2D eigenvalue weighted by atomic mass is 19.4. The maximum absolute atomic E-state index is 12.7. The molecular formula is C16H13F3O. The largest absolute Gasteiger partial charge is 0.416 e. The topological polar surface area (TPSA) is 20.2 Å². The standard InChI is InChI=1S/C16H13F3O/c17-16(18,19)12-6-3-5-11(8-12)15(20)14-9-10-4-1-2-7-13(10)14/h1-8,14-15,20H,9H2. The van der Waals surface area contributed by atoms with Gasteiger partial charge in [0.1, 0.15) is 0 Å². The van der Waals surface area contributed by atoms with E-state index >= 15 is 0 Å². The maximum atomic E-state index is 12.7. The number of aliphatic hydroxyl groups is 1. The molecule has 2 unspecified atom stereocenters. The molecule has 2 atom stereocenters. The summed E-state index contributed by atoms with van der Waals surface area (Å²) < 4.78 is 38.1. The third kappa shape index (κ3) is 2.20. The third-order valence-electron chi connectivity index (χ3n) is 3.83. The SMILES string of the molecule is OC(c1cccc(C(F)(F)F)c1)C1Cc2ccccc21. The summed E-state index contributed by atoms with van der Waals surface area (Å²) in [6.45, 7) is 0. The van der Waals surface area contributed by atoms with Crippen LogP contribution in [0.1, 0.15) is 34.3 Å². The van der Waals surface area contributed by atoms with Gasteiger partial charge in [-0.25, -0.2) is 0 Å². The first-order valence-corrected chi connectivity index (χ1v) is 6.40. The Labute approximate surface area is 114 Å². The van der Waals surface area contributed by atoms with Crippen LogP contribution in [0.4, 0.5) is 13.2 Å². The van der Waals surface area contributed by atoms with Gasteiger partial charge in [-0.2, -0.15) is 13.2 Å². The fourth-order valence-electron chi connectivity index (χ4n) is 2.71. The zero-order valence-corrected chi connectivity index (χ0v) is 10.6. The Kier molecular flexibility index (Phi) is 3.05. The predicted molar refractivity (Wildman–Crippen MR) is 69.3 cm³/mol. The van der Waals surface area contributed by atoms with Crippen LogP contribution in [-0.2, 0) is 12.6 Å². The molecule has 3 rings (SSSR count). The van der Waals surface area contributed by atoms with Crippen molar-refractivity contribution >= 4 is 0 Å². The van der Waals surface area contributed by atoms with E-state index in [0.29, 0.717) is 12.0 Å². The molecule has 0 fully saturated rings. The summed E-state index contributed by atoms with van der Waals surface area (Å²) in [6, 6.07) is 12.6. The number of fused-ring (bicyclic) bond motifs is 1. The lowest BCUT2D eigenvalue weighted by Crippen LogP contribution is -2.23. The average molecular weight is 278 g/mol. The molecule has 2 aromatic rings. The third-order valence-corrected chi connectivity index (χ3v) is 3.83. The molecule has 0 aromatic heterocycles. The van der Waals surface area contributed by atoms with E-state index in [-0.39, 0.29) is 5.92 Å². The van der Waals surface area contributed by atoms with Gasteiger partial charge in [-0.1, -0.05) is 36.4 Å². The van der Waals surface area contributed by atoms with Crippen LogP contribution in [0, 0.1) is 0 Å². The molecule has 0 aliphatic heterocycles. The van der Waals surface area contributed by atoms with E-state index in [1.165, 1.54) is 6.07 Å². The van der Waals surface area contributed by atoms with Crippen LogP contribution in [0.5, 0.6) is 0 Å². The molecule has 2 aromatic carbocycles. The fourth-order valence-corrected chi connectivity index (χ4v) is 2.71.